The molecule has 0 aromatic heterocycles. The van der Waals surface area contributed by atoms with Gasteiger partial charge in [-0.2, -0.15) is 0 Å². The second-order valence-corrected chi connectivity index (χ2v) is 6.16. The first kappa shape index (κ1) is 11.4. The summed E-state index contributed by atoms with van der Waals surface area (Å²) in [6.07, 6.45) is 1.11. The number of benzene rings is 1. The fraction of sp³-hybridized carbons (Fsp3) is 0.455. The van der Waals surface area contributed by atoms with Gasteiger partial charge >= 0.3 is 0 Å². The third-order valence-electron chi connectivity index (χ3n) is 2.98. The van der Waals surface area contributed by atoms with E-state index in [-0.39, 0.29) is 4.90 Å². The third kappa shape index (κ3) is 2.54. The van der Waals surface area contributed by atoms with Crippen molar-refractivity contribution in [1.29, 1.82) is 0 Å². The van der Waals surface area contributed by atoms with Gasteiger partial charge < -0.3 is 5.73 Å². The largest absolute Gasteiger partial charge is 0.399 e. The highest BCUT2D eigenvalue weighted by molar-refractivity contribution is 7.89. The molecule has 0 heterocycles. The standard InChI is InChI=1S/C11H16N2O2S/c1-8-5-9(8)7-13-16(14,15)11-4-2-3-10(12)6-11/h2-4,6,8-9,13H,5,7,12H2,1H3. The fourth-order valence-electron chi connectivity index (χ4n) is 1.67. The number of hydrogen-bond acceptors (Lipinski definition) is 3. The Balaban J connectivity index is 2.06. The highest BCUT2D eigenvalue weighted by Gasteiger charge is 2.33. The van der Waals surface area contributed by atoms with Gasteiger partial charge in [0, 0.05) is 12.2 Å². The minimum atomic E-state index is -3.39. The predicted octanol–water partition coefficient (Wildman–Crippen LogP) is 1.20. The molecule has 1 aromatic carbocycles. The van der Waals surface area contributed by atoms with Gasteiger partial charge in [-0.25, -0.2) is 13.1 Å². The first-order valence-corrected chi connectivity index (χ1v) is 6.82. The third-order valence-corrected chi connectivity index (χ3v) is 4.40. The Labute approximate surface area is 95.9 Å². The number of hydrogen-bond donors (Lipinski definition) is 2. The van der Waals surface area contributed by atoms with Gasteiger partial charge in [0.2, 0.25) is 10.0 Å². The van der Waals surface area contributed by atoms with E-state index in [1.165, 1.54) is 6.07 Å². The molecule has 0 amide bonds. The van der Waals surface area contributed by atoms with Crippen molar-refractivity contribution >= 4 is 15.7 Å². The topological polar surface area (TPSA) is 72.2 Å². The molecule has 1 aromatic rings. The molecule has 3 N–H and O–H groups in total. The van der Waals surface area contributed by atoms with E-state index < -0.39 is 10.0 Å². The molecule has 2 unspecified atom stereocenters. The van der Waals surface area contributed by atoms with E-state index in [2.05, 4.69) is 11.6 Å². The summed E-state index contributed by atoms with van der Waals surface area (Å²) < 4.78 is 26.3. The molecule has 88 valence electrons. The minimum Gasteiger partial charge on any atom is -0.399 e. The van der Waals surface area contributed by atoms with Gasteiger partial charge in [0.25, 0.3) is 0 Å². The molecule has 1 aliphatic rings. The Morgan fingerprint density at radius 3 is 2.75 bits per heavy atom. The lowest BCUT2D eigenvalue weighted by Gasteiger charge is -2.06. The minimum absolute atomic E-state index is 0.237. The Morgan fingerprint density at radius 2 is 2.19 bits per heavy atom. The monoisotopic (exact) mass is 240 g/mol. The van der Waals surface area contributed by atoms with Crippen molar-refractivity contribution in [3.05, 3.63) is 24.3 Å². The summed E-state index contributed by atoms with van der Waals surface area (Å²) in [6, 6.07) is 6.33. The van der Waals surface area contributed by atoms with Crippen LogP contribution >= 0.6 is 0 Å². The van der Waals surface area contributed by atoms with Crippen molar-refractivity contribution in [3.63, 3.8) is 0 Å². The lowest BCUT2D eigenvalue weighted by atomic mass is 10.3. The van der Waals surface area contributed by atoms with Gasteiger partial charge in [-0.3, -0.25) is 0 Å². The number of rotatable bonds is 4. The summed E-state index contributed by atoms with van der Waals surface area (Å²) in [5.74, 6) is 1.14. The summed E-state index contributed by atoms with van der Waals surface area (Å²) in [5.41, 5.74) is 6.01. The molecule has 2 atom stereocenters. The van der Waals surface area contributed by atoms with E-state index in [9.17, 15) is 8.42 Å². The summed E-state index contributed by atoms with van der Waals surface area (Å²) >= 11 is 0. The average molecular weight is 240 g/mol. The van der Waals surface area contributed by atoms with Crippen LogP contribution in [0.3, 0.4) is 0 Å². The predicted molar refractivity (Wildman–Crippen MR) is 63.3 cm³/mol. The molecular weight excluding hydrogens is 224 g/mol. The van der Waals surface area contributed by atoms with Crippen molar-refractivity contribution in [2.24, 2.45) is 11.8 Å². The van der Waals surface area contributed by atoms with Gasteiger partial charge in [0.1, 0.15) is 0 Å². The molecule has 1 fully saturated rings. The first-order valence-electron chi connectivity index (χ1n) is 5.34. The average Bonchev–Trinajstić information content (AvgIpc) is 2.92. The van der Waals surface area contributed by atoms with Crippen molar-refractivity contribution in [2.45, 2.75) is 18.2 Å². The molecular formula is C11H16N2O2S. The van der Waals surface area contributed by atoms with Crippen LogP contribution in [0.2, 0.25) is 0 Å². The van der Waals surface area contributed by atoms with Crippen LogP contribution in [0, 0.1) is 11.8 Å². The van der Waals surface area contributed by atoms with E-state index in [1.807, 2.05) is 0 Å². The molecule has 0 saturated heterocycles. The molecule has 0 bridgehead atoms. The smallest absolute Gasteiger partial charge is 0.240 e. The van der Waals surface area contributed by atoms with Crippen molar-refractivity contribution in [1.82, 2.24) is 4.72 Å². The SMILES string of the molecule is CC1CC1CNS(=O)(=O)c1cccc(N)c1. The lowest BCUT2D eigenvalue weighted by molar-refractivity contribution is 0.574. The van der Waals surface area contributed by atoms with Crippen LogP contribution in [0.15, 0.2) is 29.2 Å². The van der Waals surface area contributed by atoms with Crippen LogP contribution in [0.4, 0.5) is 5.69 Å². The van der Waals surface area contributed by atoms with E-state index in [1.54, 1.807) is 18.2 Å². The fourth-order valence-corrected chi connectivity index (χ4v) is 2.81. The van der Waals surface area contributed by atoms with E-state index in [0.717, 1.165) is 6.42 Å². The van der Waals surface area contributed by atoms with Crippen LogP contribution in [-0.2, 0) is 10.0 Å². The van der Waals surface area contributed by atoms with Gasteiger partial charge in [-0.1, -0.05) is 13.0 Å². The summed E-state index contributed by atoms with van der Waals surface area (Å²) in [7, 11) is -3.39. The molecule has 16 heavy (non-hydrogen) atoms. The molecule has 5 heteroatoms. The molecule has 2 rings (SSSR count). The summed E-state index contributed by atoms with van der Waals surface area (Å²) in [6.45, 7) is 2.65. The molecule has 0 radical (unpaired) electrons. The lowest BCUT2D eigenvalue weighted by Crippen LogP contribution is -2.26. The number of nitrogen functional groups attached to an aromatic ring is 1. The maximum absolute atomic E-state index is 11.9. The highest BCUT2D eigenvalue weighted by atomic mass is 32.2. The maximum atomic E-state index is 11.9. The second kappa shape index (κ2) is 4.07. The molecule has 4 nitrogen and oxygen atoms in total. The normalized spacial score (nSPS) is 24.3. The quantitative estimate of drug-likeness (QED) is 0.777. The van der Waals surface area contributed by atoms with E-state index in [4.69, 9.17) is 5.73 Å². The number of nitrogens with two attached hydrogens (primary N) is 1. The zero-order chi connectivity index (χ0) is 11.8. The highest BCUT2D eigenvalue weighted by Crippen LogP contribution is 2.37. The van der Waals surface area contributed by atoms with Gasteiger partial charge in [0.15, 0.2) is 0 Å². The summed E-state index contributed by atoms with van der Waals surface area (Å²) in [5, 5.41) is 0. The van der Waals surface area contributed by atoms with Crippen LogP contribution in [-0.4, -0.2) is 15.0 Å². The molecule has 0 spiro atoms. The Morgan fingerprint density at radius 1 is 1.50 bits per heavy atom. The number of sulfonamides is 1. The zero-order valence-electron chi connectivity index (χ0n) is 9.18. The maximum Gasteiger partial charge on any atom is 0.240 e. The number of nitrogens with one attached hydrogen (secondary N) is 1. The Kier molecular flexibility index (Phi) is 2.90. The van der Waals surface area contributed by atoms with Gasteiger partial charge in [-0.15, -0.1) is 0 Å². The molecule has 0 aliphatic heterocycles. The zero-order valence-corrected chi connectivity index (χ0v) is 10.00. The van der Waals surface area contributed by atoms with Crippen molar-refractivity contribution in [3.8, 4) is 0 Å². The van der Waals surface area contributed by atoms with Gasteiger partial charge in [-0.05, 0) is 36.5 Å². The van der Waals surface area contributed by atoms with Crippen LogP contribution in [0.5, 0.6) is 0 Å². The van der Waals surface area contributed by atoms with E-state index >= 15 is 0 Å². The Hall–Kier alpha value is -1.07. The van der Waals surface area contributed by atoms with Crippen LogP contribution in [0.1, 0.15) is 13.3 Å². The van der Waals surface area contributed by atoms with Gasteiger partial charge in [0.05, 0.1) is 4.90 Å². The van der Waals surface area contributed by atoms with Crippen LogP contribution in [0.25, 0.3) is 0 Å². The first-order chi connectivity index (χ1) is 7.49. The van der Waals surface area contributed by atoms with Crippen molar-refractivity contribution < 1.29 is 8.42 Å². The van der Waals surface area contributed by atoms with Crippen LogP contribution < -0.4 is 10.5 Å². The number of anilines is 1. The van der Waals surface area contributed by atoms with E-state index in [0.29, 0.717) is 24.1 Å². The van der Waals surface area contributed by atoms with Crippen molar-refractivity contribution in [2.75, 3.05) is 12.3 Å². The summed E-state index contributed by atoms with van der Waals surface area (Å²) in [4.78, 5) is 0.237. The second-order valence-electron chi connectivity index (χ2n) is 4.40. The molecule has 1 saturated carbocycles. The molecule has 1 aliphatic carbocycles. The Bertz CT molecular complexity index is 485.